The van der Waals surface area contributed by atoms with E-state index in [-0.39, 0.29) is 37.9 Å². The Morgan fingerprint density at radius 3 is 2.24 bits per heavy atom. The number of carbonyl (C=O) groups excluding carboxylic acids is 2. The first-order valence-electron chi connectivity index (χ1n) is 11.5. The van der Waals surface area contributed by atoms with Gasteiger partial charge in [-0.15, -0.1) is 0 Å². The molecule has 2 amide bonds. The highest BCUT2D eigenvalue weighted by Gasteiger charge is 2.43. The average Bonchev–Trinajstić information content (AvgIpc) is 3.35. The van der Waals surface area contributed by atoms with Gasteiger partial charge in [-0.1, -0.05) is 62.4 Å². The minimum Gasteiger partial charge on any atom is -0.480 e. The molecule has 180 valence electrons. The van der Waals surface area contributed by atoms with Crippen LogP contribution in [0.25, 0.3) is 11.1 Å². The zero-order valence-corrected chi connectivity index (χ0v) is 19.4. The van der Waals surface area contributed by atoms with Gasteiger partial charge in [0, 0.05) is 30.8 Å². The molecule has 2 aromatic carbocycles. The molecule has 1 heterocycles. The van der Waals surface area contributed by atoms with Crippen molar-refractivity contribution in [3.63, 3.8) is 0 Å². The van der Waals surface area contributed by atoms with E-state index in [0.29, 0.717) is 6.42 Å². The summed E-state index contributed by atoms with van der Waals surface area (Å²) >= 11 is 0. The number of aliphatic hydroxyl groups excluding tert-OH is 1. The molecule has 0 saturated carbocycles. The Balaban J connectivity index is 1.30. The predicted octanol–water partition coefficient (Wildman–Crippen LogP) is 2.99. The number of benzene rings is 2. The second-order valence-electron chi connectivity index (χ2n) is 9.59. The van der Waals surface area contributed by atoms with Crippen LogP contribution in [0, 0.1) is 5.41 Å². The van der Waals surface area contributed by atoms with Gasteiger partial charge in [0.2, 0.25) is 5.91 Å². The van der Waals surface area contributed by atoms with Crippen LogP contribution >= 0.6 is 0 Å². The lowest BCUT2D eigenvalue weighted by molar-refractivity contribution is -0.152. The van der Waals surface area contributed by atoms with Gasteiger partial charge >= 0.3 is 12.1 Å². The highest BCUT2D eigenvalue weighted by atomic mass is 16.5. The van der Waals surface area contributed by atoms with Crippen LogP contribution in [0.2, 0.25) is 0 Å². The Hall–Kier alpha value is -3.39. The Labute approximate surface area is 198 Å². The van der Waals surface area contributed by atoms with Gasteiger partial charge in [0.25, 0.3) is 0 Å². The normalized spacial score (nSPS) is 19.4. The van der Waals surface area contributed by atoms with Crippen LogP contribution in [0.1, 0.15) is 43.7 Å². The van der Waals surface area contributed by atoms with Gasteiger partial charge < -0.3 is 25.2 Å². The third-order valence-electron chi connectivity index (χ3n) is 6.77. The minimum atomic E-state index is -1.13. The largest absolute Gasteiger partial charge is 0.480 e. The molecule has 1 aliphatic carbocycles. The van der Waals surface area contributed by atoms with Crippen molar-refractivity contribution in [1.29, 1.82) is 0 Å². The summed E-state index contributed by atoms with van der Waals surface area (Å²) in [5.41, 5.74) is 3.65. The second kappa shape index (κ2) is 9.46. The van der Waals surface area contributed by atoms with Gasteiger partial charge in [0.15, 0.2) is 0 Å². The van der Waals surface area contributed by atoms with Crippen molar-refractivity contribution in [1.82, 2.24) is 10.2 Å². The molecule has 8 nitrogen and oxygen atoms in total. The van der Waals surface area contributed by atoms with E-state index in [0.717, 1.165) is 22.3 Å². The minimum absolute atomic E-state index is 0.000955. The van der Waals surface area contributed by atoms with Gasteiger partial charge in [0.05, 0.1) is 6.10 Å². The smallest absolute Gasteiger partial charge is 0.407 e. The molecule has 4 rings (SSSR count). The summed E-state index contributed by atoms with van der Waals surface area (Å²) in [6.45, 7) is 3.81. The van der Waals surface area contributed by atoms with Crippen LogP contribution in [0.5, 0.6) is 0 Å². The van der Waals surface area contributed by atoms with E-state index < -0.39 is 29.6 Å². The SMILES string of the molecule is CC(C)(CCNC(=O)OCC1c2ccccc2-c2ccccc21)C(=O)N1CC(O)CC1C(=O)O. The number of carboxylic acid groups (broad SMARTS) is 1. The maximum Gasteiger partial charge on any atom is 0.407 e. The van der Waals surface area contributed by atoms with E-state index in [1.165, 1.54) is 4.90 Å². The van der Waals surface area contributed by atoms with Crippen molar-refractivity contribution < 1.29 is 29.3 Å². The van der Waals surface area contributed by atoms with Crippen LogP contribution in [0.15, 0.2) is 48.5 Å². The summed E-state index contributed by atoms with van der Waals surface area (Å²) < 4.78 is 5.52. The molecule has 2 atom stereocenters. The molecule has 34 heavy (non-hydrogen) atoms. The highest BCUT2D eigenvalue weighted by molar-refractivity contribution is 5.88. The summed E-state index contributed by atoms with van der Waals surface area (Å²) in [6, 6.07) is 15.2. The van der Waals surface area contributed by atoms with Crippen molar-refractivity contribution in [2.45, 2.75) is 44.8 Å². The predicted molar refractivity (Wildman–Crippen MR) is 125 cm³/mol. The number of ether oxygens (including phenoxy) is 1. The van der Waals surface area contributed by atoms with E-state index in [1.54, 1.807) is 13.8 Å². The molecular formula is C26H30N2O6. The summed E-state index contributed by atoms with van der Waals surface area (Å²) in [6.07, 6.45) is -1.09. The van der Waals surface area contributed by atoms with Gasteiger partial charge in [-0.2, -0.15) is 0 Å². The molecule has 0 bridgehead atoms. The number of aliphatic carboxylic acids is 1. The first kappa shape index (κ1) is 23.8. The third kappa shape index (κ3) is 4.63. The van der Waals surface area contributed by atoms with Crippen molar-refractivity contribution in [2.75, 3.05) is 19.7 Å². The van der Waals surface area contributed by atoms with Crippen molar-refractivity contribution in [3.05, 3.63) is 59.7 Å². The maximum atomic E-state index is 12.9. The average molecular weight is 467 g/mol. The van der Waals surface area contributed by atoms with E-state index in [4.69, 9.17) is 4.74 Å². The fraction of sp³-hybridized carbons (Fsp3) is 0.423. The number of amides is 2. The Morgan fingerprint density at radius 1 is 1.06 bits per heavy atom. The van der Waals surface area contributed by atoms with Crippen LogP contribution in [-0.4, -0.2) is 64.9 Å². The number of hydrogen-bond acceptors (Lipinski definition) is 5. The topological polar surface area (TPSA) is 116 Å². The molecule has 1 fully saturated rings. The van der Waals surface area contributed by atoms with Crippen molar-refractivity contribution in [3.8, 4) is 11.1 Å². The zero-order valence-electron chi connectivity index (χ0n) is 19.4. The van der Waals surface area contributed by atoms with Crippen molar-refractivity contribution in [2.24, 2.45) is 5.41 Å². The third-order valence-corrected chi connectivity index (χ3v) is 6.77. The molecule has 0 aromatic heterocycles. The number of nitrogens with one attached hydrogen (secondary N) is 1. The standard InChI is InChI=1S/C26H30N2O6/c1-26(2,24(32)28-14-16(29)13-22(28)23(30)31)11-12-27-25(33)34-15-21-19-9-5-3-7-17(19)18-8-4-6-10-20(18)21/h3-10,16,21-22,29H,11-15H2,1-2H3,(H,27,33)(H,30,31). The second-order valence-corrected chi connectivity index (χ2v) is 9.59. The number of rotatable bonds is 7. The molecule has 1 saturated heterocycles. The van der Waals surface area contributed by atoms with Gasteiger partial charge in [0.1, 0.15) is 12.6 Å². The number of carboxylic acids is 1. The van der Waals surface area contributed by atoms with E-state index in [2.05, 4.69) is 29.6 Å². The van der Waals surface area contributed by atoms with Crippen molar-refractivity contribution >= 4 is 18.0 Å². The number of β-amino-alcohol motifs (C(OH)–C–C–N with tert-alkyl or cyclic N) is 1. The molecular weight excluding hydrogens is 436 g/mol. The fourth-order valence-electron chi connectivity index (χ4n) is 4.89. The lowest BCUT2D eigenvalue weighted by Crippen LogP contribution is -2.47. The fourth-order valence-corrected chi connectivity index (χ4v) is 4.89. The highest BCUT2D eigenvalue weighted by Crippen LogP contribution is 2.44. The first-order chi connectivity index (χ1) is 16.2. The maximum absolute atomic E-state index is 12.9. The van der Waals surface area contributed by atoms with Crippen LogP contribution in [-0.2, 0) is 14.3 Å². The Bertz CT molecular complexity index is 1050. The number of hydrogen-bond donors (Lipinski definition) is 3. The molecule has 2 aromatic rings. The number of alkyl carbamates (subject to hydrolysis) is 1. The van der Waals surface area contributed by atoms with E-state index >= 15 is 0 Å². The molecule has 8 heteroatoms. The van der Waals surface area contributed by atoms with Crippen LogP contribution in [0.4, 0.5) is 4.79 Å². The number of likely N-dealkylation sites (tertiary alicyclic amines) is 1. The monoisotopic (exact) mass is 466 g/mol. The molecule has 2 aliphatic rings. The number of aliphatic hydroxyl groups is 1. The lowest BCUT2D eigenvalue weighted by Gasteiger charge is -2.31. The first-order valence-corrected chi connectivity index (χ1v) is 11.5. The van der Waals surface area contributed by atoms with Gasteiger partial charge in [-0.25, -0.2) is 9.59 Å². The quantitative estimate of drug-likeness (QED) is 0.578. The van der Waals surface area contributed by atoms with E-state index in [1.807, 2.05) is 24.3 Å². The molecule has 0 radical (unpaired) electrons. The summed E-state index contributed by atoms with van der Waals surface area (Å²) in [5, 5.41) is 21.9. The molecule has 3 N–H and O–H groups in total. The molecule has 1 aliphatic heterocycles. The summed E-state index contributed by atoms with van der Waals surface area (Å²) in [7, 11) is 0. The van der Waals surface area contributed by atoms with E-state index in [9.17, 15) is 24.6 Å². The Morgan fingerprint density at radius 2 is 1.65 bits per heavy atom. The summed E-state index contributed by atoms with van der Waals surface area (Å²) in [4.78, 5) is 38.0. The van der Waals surface area contributed by atoms with Crippen LogP contribution in [0.3, 0.4) is 0 Å². The van der Waals surface area contributed by atoms with Gasteiger partial charge in [-0.3, -0.25) is 4.79 Å². The lowest BCUT2D eigenvalue weighted by atomic mass is 9.87. The Kier molecular flexibility index (Phi) is 6.61. The van der Waals surface area contributed by atoms with Gasteiger partial charge in [-0.05, 0) is 28.7 Å². The molecule has 0 spiro atoms. The number of fused-ring (bicyclic) bond motifs is 3. The number of nitrogens with zero attached hydrogens (tertiary/aromatic N) is 1. The zero-order chi connectivity index (χ0) is 24.5. The summed E-state index contributed by atoms with van der Waals surface area (Å²) in [5.74, 6) is -1.52. The number of carbonyl (C=O) groups is 3. The van der Waals surface area contributed by atoms with Crippen LogP contribution < -0.4 is 5.32 Å². The molecule has 2 unspecified atom stereocenters.